The van der Waals surface area contributed by atoms with Crippen LogP contribution in [-0.2, 0) is 6.54 Å². The van der Waals surface area contributed by atoms with Crippen LogP contribution >= 0.6 is 34.0 Å². The van der Waals surface area contributed by atoms with E-state index in [2.05, 4.69) is 29.6 Å². The Morgan fingerprint density at radius 1 is 0.944 bits per heavy atom. The Balaban J connectivity index is 0. The molecule has 1 aromatic rings. The van der Waals surface area contributed by atoms with Crippen molar-refractivity contribution in [2.24, 2.45) is 0 Å². The van der Waals surface area contributed by atoms with Gasteiger partial charge in [-0.25, -0.2) is 4.98 Å². The molecule has 0 N–H and O–H groups in total. The lowest BCUT2D eigenvalue weighted by Crippen LogP contribution is -1.98. The molecule has 2 nitrogen and oxygen atoms in total. The molecule has 0 unspecified atom stereocenters. The third-order valence-electron chi connectivity index (χ3n) is 3.18. The molecule has 0 aromatic carbocycles. The standard InChI is InChI=1S/C14H26N2.2BrH/c1-3-4-5-6-7-8-9-10-12-16-13-11-15-14(16)2;;/h11,13H,3-10,12H2,1-2H3;2*1H. The Labute approximate surface area is 133 Å². The van der Waals surface area contributed by atoms with Crippen LogP contribution in [0.15, 0.2) is 12.4 Å². The molecule has 0 saturated heterocycles. The van der Waals surface area contributed by atoms with Crippen LogP contribution < -0.4 is 0 Å². The molecule has 1 rings (SSSR count). The normalized spacial score (nSPS) is 9.67. The van der Waals surface area contributed by atoms with Crippen molar-refractivity contribution in [3.05, 3.63) is 18.2 Å². The minimum Gasteiger partial charge on any atom is -0.335 e. The number of imidazole rings is 1. The van der Waals surface area contributed by atoms with Crippen LogP contribution in [0.2, 0.25) is 0 Å². The van der Waals surface area contributed by atoms with E-state index in [4.69, 9.17) is 0 Å². The van der Waals surface area contributed by atoms with E-state index < -0.39 is 0 Å². The molecular weight excluding hydrogens is 356 g/mol. The molecular formula is C14H28Br2N2. The number of hydrogen-bond donors (Lipinski definition) is 0. The van der Waals surface area contributed by atoms with E-state index in [-0.39, 0.29) is 34.0 Å². The van der Waals surface area contributed by atoms with Crippen LogP contribution in [0.4, 0.5) is 0 Å². The molecule has 0 aliphatic carbocycles. The summed E-state index contributed by atoms with van der Waals surface area (Å²) in [5.74, 6) is 1.14. The predicted octanol–water partition coefficient (Wildman–Crippen LogP) is 5.49. The topological polar surface area (TPSA) is 17.8 Å². The number of hydrogen-bond acceptors (Lipinski definition) is 1. The Bertz CT molecular complexity index is 275. The predicted molar refractivity (Wildman–Crippen MR) is 90.2 cm³/mol. The first-order valence-corrected chi connectivity index (χ1v) is 6.82. The van der Waals surface area contributed by atoms with Gasteiger partial charge in [0, 0.05) is 18.9 Å². The summed E-state index contributed by atoms with van der Waals surface area (Å²) in [5, 5.41) is 0. The van der Waals surface area contributed by atoms with Crippen molar-refractivity contribution in [1.82, 2.24) is 9.55 Å². The zero-order valence-electron chi connectivity index (χ0n) is 11.7. The van der Waals surface area contributed by atoms with Crippen LogP contribution in [0, 0.1) is 6.92 Å². The van der Waals surface area contributed by atoms with Gasteiger partial charge in [-0.05, 0) is 13.3 Å². The summed E-state index contributed by atoms with van der Waals surface area (Å²) in [7, 11) is 0. The molecule has 4 heteroatoms. The van der Waals surface area contributed by atoms with Crippen molar-refractivity contribution in [2.45, 2.75) is 71.8 Å². The van der Waals surface area contributed by atoms with Gasteiger partial charge in [-0.2, -0.15) is 0 Å². The summed E-state index contributed by atoms with van der Waals surface area (Å²) >= 11 is 0. The fourth-order valence-corrected chi connectivity index (χ4v) is 2.06. The van der Waals surface area contributed by atoms with E-state index in [1.807, 2.05) is 6.20 Å². The van der Waals surface area contributed by atoms with Crippen LogP contribution in [0.3, 0.4) is 0 Å². The molecule has 1 heterocycles. The molecule has 18 heavy (non-hydrogen) atoms. The fraction of sp³-hybridized carbons (Fsp3) is 0.786. The van der Waals surface area contributed by atoms with Crippen molar-refractivity contribution in [3.8, 4) is 0 Å². The molecule has 0 aliphatic heterocycles. The zero-order valence-corrected chi connectivity index (χ0v) is 15.2. The van der Waals surface area contributed by atoms with Gasteiger partial charge in [-0.15, -0.1) is 34.0 Å². The lowest BCUT2D eigenvalue weighted by molar-refractivity contribution is 0.539. The smallest absolute Gasteiger partial charge is 0.105 e. The van der Waals surface area contributed by atoms with Crippen molar-refractivity contribution >= 4 is 34.0 Å². The van der Waals surface area contributed by atoms with Gasteiger partial charge in [0.05, 0.1) is 0 Å². The van der Waals surface area contributed by atoms with Crippen LogP contribution in [-0.4, -0.2) is 9.55 Å². The Kier molecular flexibility index (Phi) is 15.5. The zero-order chi connectivity index (χ0) is 11.6. The number of rotatable bonds is 9. The van der Waals surface area contributed by atoms with Gasteiger partial charge < -0.3 is 4.57 Å². The number of aromatic nitrogens is 2. The minimum absolute atomic E-state index is 0. The highest BCUT2D eigenvalue weighted by Crippen LogP contribution is 2.09. The first kappa shape index (κ1) is 20.5. The number of halogens is 2. The SMILES string of the molecule is Br.Br.CCCCCCCCCCn1ccnc1C. The van der Waals surface area contributed by atoms with Crippen LogP contribution in [0.5, 0.6) is 0 Å². The van der Waals surface area contributed by atoms with Gasteiger partial charge in [-0.3, -0.25) is 0 Å². The highest BCUT2D eigenvalue weighted by atomic mass is 79.9. The van der Waals surface area contributed by atoms with Crippen molar-refractivity contribution in [2.75, 3.05) is 0 Å². The van der Waals surface area contributed by atoms with Crippen molar-refractivity contribution in [3.63, 3.8) is 0 Å². The maximum absolute atomic E-state index is 4.23. The average Bonchev–Trinajstić information content (AvgIpc) is 2.68. The van der Waals surface area contributed by atoms with Gasteiger partial charge in [0.2, 0.25) is 0 Å². The summed E-state index contributed by atoms with van der Waals surface area (Å²) in [5.41, 5.74) is 0. The van der Waals surface area contributed by atoms with E-state index in [0.29, 0.717) is 0 Å². The van der Waals surface area contributed by atoms with Gasteiger partial charge >= 0.3 is 0 Å². The quantitative estimate of drug-likeness (QED) is 0.515. The molecule has 0 spiro atoms. The van der Waals surface area contributed by atoms with Gasteiger partial charge in [0.25, 0.3) is 0 Å². The second-order valence-corrected chi connectivity index (χ2v) is 4.64. The molecule has 108 valence electrons. The second-order valence-electron chi connectivity index (χ2n) is 4.64. The molecule has 0 fully saturated rings. The van der Waals surface area contributed by atoms with E-state index in [1.165, 1.54) is 51.4 Å². The monoisotopic (exact) mass is 382 g/mol. The van der Waals surface area contributed by atoms with Crippen LogP contribution in [0.25, 0.3) is 0 Å². The summed E-state index contributed by atoms with van der Waals surface area (Å²) in [6, 6.07) is 0. The van der Waals surface area contributed by atoms with Gasteiger partial charge in [-0.1, -0.05) is 51.9 Å². The largest absolute Gasteiger partial charge is 0.335 e. The maximum atomic E-state index is 4.23. The van der Waals surface area contributed by atoms with E-state index in [1.54, 1.807) is 0 Å². The summed E-state index contributed by atoms with van der Waals surface area (Å²) in [6.45, 7) is 5.49. The first-order valence-electron chi connectivity index (χ1n) is 6.82. The minimum atomic E-state index is 0. The molecule has 0 bridgehead atoms. The Morgan fingerprint density at radius 3 is 2.00 bits per heavy atom. The third kappa shape index (κ3) is 9.15. The molecule has 0 atom stereocenters. The summed E-state index contributed by atoms with van der Waals surface area (Å²) in [4.78, 5) is 4.23. The number of aryl methyl sites for hydroxylation is 2. The number of unbranched alkanes of at least 4 members (excludes halogenated alkanes) is 7. The van der Waals surface area contributed by atoms with Gasteiger partial charge in [0.15, 0.2) is 0 Å². The van der Waals surface area contributed by atoms with E-state index in [9.17, 15) is 0 Å². The lowest BCUT2D eigenvalue weighted by Gasteiger charge is -2.04. The average molecular weight is 384 g/mol. The van der Waals surface area contributed by atoms with Gasteiger partial charge in [0.1, 0.15) is 5.82 Å². The van der Waals surface area contributed by atoms with Crippen molar-refractivity contribution < 1.29 is 0 Å². The Morgan fingerprint density at radius 2 is 1.50 bits per heavy atom. The summed E-state index contributed by atoms with van der Waals surface area (Å²) in [6.07, 6.45) is 15.1. The summed E-state index contributed by atoms with van der Waals surface area (Å²) < 4.78 is 2.25. The van der Waals surface area contributed by atoms with E-state index in [0.717, 1.165) is 12.4 Å². The van der Waals surface area contributed by atoms with Crippen LogP contribution in [0.1, 0.15) is 64.1 Å². The number of nitrogens with zero attached hydrogens (tertiary/aromatic N) is 2. The fourth-order valence-electron chi connectivity index (χ4n) is 2.06. The Hall–Kier alpha value is 0.170. The van der Waals surface area contributed by atoms with Crippen molar-refractivity contribution in [1.29, 1.82) is 0 Å². The molecule has 0 aliphatic rings. The lowest BCUT2D eigenvalue weighted by atomic mass is 10.1. The highest BCUT2D eigenvalue weighted by molar-refractivity contribution is 8.93. The first-order chi connectivity index (χ1) is 7.84. The second kappa shape index (κ2) is 13.6. The maximum Gasteiger partial charge on any atom is 0.105 e. The highest BCUT2D eigenvalue weighted by Gasteiger charge is 1.96. The third-order valence-corrected chi connectivity index (χ3v) is 3.18. The molecule has 0 saturated carbocycles. The molecule has 1 aromatic heterocycles. The van der Waals surface area contributed by atoms with E-state index >= 15 is 0 Å². The molecule has 0 radical (unpaired) electrons. The molecule has 0 amide bonds.